The van der Waals surface area contributed by atoms with Gasteiger partial charge < -0.3 is 4.74 Å². The molecule has 2 aromatic carbocycles. The van der Waals surface area contributed by atoms with Crippen LogP contribution in [0.1, 0.15) is 16.1 Å². The Bertz CT molecular complexity index is 1080. The maximum atomic E-state index is 12.3. The van der Waals surface area contributed by atoms with Gasteiger partial charge in [0.1, 0.15) is 16.8 Å². The molecule has 0 amide bonds. The Morgan fingerprint density at radius 2 is 1.81 bits per heavy atom. The lowest BCUT2D eigenvalue weighted by molar-refractivity contribution is 0.0467. The van der Waals surface area contributed by atoms with E-state index in [9.17, 15) is 4.79 Å². The molecule has 4 aromatic rings. The van der Waals surface area contributed by atoms with Crippen molar-refractivity contribution in [1.82, 2.24) is 9.97 Å². The van der Waals surface area contributed by atoms with Gasteiger partial charge in [-0.2, -0.15) is 0 Å². The average Bonchev–Trinajstić information content (AvgIpc) is 3.17. The number of carbonyl (C=O) groups is 1. The van der Waals surface area contributed by atoms with Crippen molar-refractivity contribution >= 4 is 39.8 Å². The van der Waals surface area contributed by atoms with Crippen LogP contribution in [0.3, 0.4) is 0 Å². The zero-order valence-corrected chi connectivity index (χ0v) is 15.1. The summed E-state index contributed by atoms with van der Waals surface area (Å²) < 4.78 is 5.37. The van der Waals surface area contributed by atoms with Gasteiger partial charge in [0, 0.05) is 21.9 Å². The summed E-state index contributed by atoms with van der Waals surface area (Å²) in [6, 6.07) is 19.2. The summed E-state index contributed by atoms with van der Waals surface area (Å²) in [6.07, 6.45) is 0. The molecule has 0 aliphatic rings. The van der Waals surface area contributed by atoms with Crippen LogP contribution in [-0.4, -0.2) is 15.9 Å². The van der Waals surface area contributed by atoms with Crippen molar-refractivity contribution in [3.63, 3.8) is 0 Å². The van der Waals surface area contributed by atoms with E-state index in [0.29, 0.717) is 16.4 Å². The second-order valence-electron chi connectivity index (χ2n) is 5.61. The summed E-state index contributed by atoms with van der Waals surface area (Å²) in [6.45, 7) is 0.0493. The van der Waals surface area contributed by atoms with Gasteiger partial charge in [0.25, 0.3) is 0 Å². The SMILES string of the molecule is O=C(OCc1cc2ccccc2nc1Cl)c1csc(-c2ccccc2)n1. The molecule has 6 heteroatoms. The van der Waals surface area contributed by atoms with Crippen LogP contribution in [0.2, 0.25) is 5.15 Å². The fraction of sp³-hybridized carbons (Fsp3) is 0.0500. The first-order chi connectivity index (χ1) is 12.7. The Morgan fingerprint density at radius 3 is 2.65 bits per heavy atom. The molecule has 0 spiro atoms. The molecule has 128 valence electrons. The third kappa shape index (κ3) is 3.45. The largest absolute Gasteiger partial charge is 0.456 e. The van der Waals surface area contributed by atoms with E-state index < -0.39 is 5.97 Å². The molecule has 0 saturated heterocycles. The first-order valence-corrected chi connectivity index (χ1v) is 9.19. The minimum absolute atomic E-state index is 0.0493. The van der Waals surface area contributed by atoms with Gasteiger partial charge in [-0.05, 0) is 12.1 Å². The fourth-order valence-electron chi connectivity index (χ4n) is 2.54. The van der Waals surface area contributed by atoms with Crippen molar-refractivity contribution in [2.24, 2.45) is 0 Å². The summed E-state index contributed by atoms with van der Waals surface area (Å²) >= 11 is 7.61. The van der Waals surface area contributed by atoms with E-state index in [2.05, 4.69) is 9.97 Å². The predicted octanol–water partition coefficient (Wildman–Crippen LogP) is 5.37. The van der Waals surface area contributed by atoms with E-state index in [-0.39, 0.29) is 6.61 Å². The van der Waals surface area contributed by atoms with Gasteiger partial charge in [-0.25, -0.2) is 14.8 Å². The Hall–Kier alpha value is -2.76. The molecule has 26 heavy (non-hydrogen) atoms. The molecule has 4 nitrogen and oxygen atoms in total. The van der Waals surface area contributed by atoms with E-state index in [0.717, 1.165) is 21.5 Å². The molecule has 0 N–H and O–H groups in total. The van der Waals surface area contributed by atoms with Gasteiger partial charge in [0.15, 0.2) is 5.69 Å². The van der Waals surface area contributed by atoms with Crippen LogP contribution < -0.4 is 0 Å². The number of para-hydroxylation sites is 1. The summed E-state index contributed by atoms with van der Waals surface area (Å²) in [7, 11) is 0. The normalized spacial score (nSPS) is 10.8. The number of thiazole rings is 1. The summed E-state index contributed by atoms with van der Waals surface area (Å²) in [5.41, 5.74) is 2.73. The highest BCUT2D eigenvalue weighted by Crippen LogP contribution is 2.25. The standard InChI is InChI=1S/C20H13ClN2O2S/c21-18-15(10-14-8-4-5-9-16(14)22-18)11-25-20(24)17-12-26-19(23-17)13-6-2-1-3-7-13/h1-10,12H,11H2. The number of aromatic nitrogens is 2. The van der Waals surface area contributed by atoms with E-state index in [1.54, 1.807) is 5.38 Å². The number of esters is 1. The number of benzene rings is 2. The molecular formula is C20H13ClN2O2S. The van der Waals surface area contributed by atoms with Crippen molar-refractivity contribution in [3.8, 4) is 10.6 Å². The number of pyridine rings is 1. The average molecular weight is 381 g/mol. The van der Waals surface area contributed by atoms with Crippen LogP contribution in [0.5, 0.6) is 0 Å². The van der Waals surface area contributed by atoms with Gasteiger partial charge in [0.05, 0.1) is 5.52 Å². The van der Waals surface area contributed by atoms with Crippen LogP contribution in [0.4, 0.5) is 0 Å². The first kappa shape index (κ1) is 16.7. The van der Waals surface area contributed by atoms with Crippen molar-refractivity contribution in [2.75, 3.05) is 0 Å². The zero-order valence-electron chi connectivity index (χ0n) is 13.6. The van der Waals surface area contributed by atoms with Crippen LogP contribution in [0, 0.1) is 0 Å². The number of nitrogens with zero attached hydrogens (tertiary/aromatic N) is 2. The van der Waals surface area contributed by atoms with Gasteiger partial charge in [0.2, 0.25) is 0 Å². The highest BCUT2D eigenvalue weighted by molar-refractivity contribution is 7.13. The lowest BCUT2D eigenvalue weighted by Crippen LogP contribution is -2.06. The van der Waals surface area contributed by atoms with Gasteiger partial charge in [-0.3, -0.25) is 0 Å². The molecule has 0 radical (unpaired) electrons. The maximum absolute atomic E-state index is 12.3. The van der Waals surface area contributed by atoms with Gasteiger partial charge >= 0.3 is 5.97 Å². The quantitative estimate of drug-likeness (QED) is 0.353. The van der Waals surface area contributed by atoms with Crippen molar-refractivity contribution in [1.29, 1.82) is 0 Å². The molecule has 2 heterocycles. The summed E-state index contributed by atoms with van der Waals surface area (Å²) in [4.78, 5) is 21.0. The fourth-order valence-corrected chi connectivity index (χ4v) is 3.53. The van der Waals surface area contributed by atoms with Crippen LogP contribution in [0.15, 0.2) is 66.0 Å². The van der Waals surface area contributed by atoms with Crippen LogP contribution in [-0.2, 0) is 11.3 Å². The van der Waals surface area contributed by atoms with E-state index >= 15 is 0 Å². The Labute approximate surface area is 159 Å². The first-order valence-electron chi connectivity index (χ1n) is 7.93. The third-order valence-electron chi connectivity index (χ3n) is 3.84. The Kier molecular flexibility index (Phi) is 4.65. The molecule has 0 bridgehead atoms. The van der Waals surface area contributed by atoms with E-state index in [4.69, 9.17) is 16.3 Å². The minimum Gasteiger partial charge on any atom is -0.456 e. The molecule has 0 aliphatic heterocycles. The number of carbonyl (C=O) groups excluding carboxylic acids is 1. The molecule has 0 unspecified atom stereocenters. The number of rotatable bonds is 4. The van der Waals surface area contributed by atoms with Crippen LogP contribution in [0.25, 0.3) is 21.5 Å². The number of ether oxygens (including phenoxy) is 1. The van der Waals surface area contributed by atoms with Crippen LogP contribution >= 0.6 is 22.9 Å². The zero-order chi connectivity index (χ0) is 17.9. The van der Waals surface area contributed by atoms with Gasteiger partial charge in [-0.1, -0.05) is 60.1 Å². The number of fused-ring (bicyclic) bond motifs is 1. The second-order valence-corrected chi connectivity index (χ2v) is 6.83. The molecule has 0 saturated carbocycles. The van der Waals surface area contributed by atoms with Crippen molar-refractivity contribution in [2.45, 2.75) is 6.61 Å². The number of hydrogen-bond acceptors (Lipinski definition) is 5. The number of hydrogen-bond donors (Lipinski definition) is 0. The van der Waals surface area contributed by atoms with Crippen molar-refractivity contribution < 1.29 is 9.53 Å². The maximum Gasteiger partial charge on any atom is 0.358 e. The third-order valence-corrected chi connectivity index (χ3v) is 5.06. The summed E-state index contributed by atoms with van der Waals surface area (Å²) in [5.74, 6) is -0.479. The predicted molar refractivity (Wildman–Crippen MR) is 103 cm³/mol. The molecule has 4 rings (SSSR count). The molecular weight excluding hydrogens is 368 g/mol. The topological polar surface area (TPSA) is 52.1 Å². The smallest absolute Gasteiger partial charge is 0.358 e. The second kappa shape index (κ2) is 7.23. The highest BCUT2D eigenvalue weighted by atomic mass is 35.5. The van der Waals surface area contributed by atoms with Crippen molar-refractivity contribution in [3.05, 3.63) is 82.5 Å². The minimum atomic E-state index is -0.479. The highest BCUT2D eigenvalue weighted by Gasteiger charge is 2.14. The van der Waals surface area contributed by atoms with Gasteiger partial charge in [-0.15, -0.1) is 11.3 Å². The lowest BCUT2D eigenvalue weighted by Gasteiger charge is -2.06. The van der Waals surface area contributed by atoms with E-state index in [1.807, 2.05) is 60.7 Å². The summed E-state index contributed by atoms with van der Waals surface area (Å²) in [5, 5.41) is 3.76. The van der Waals surface area contributed by atoms with E-state index in [1.165, 1.54) is 11.3 Å². The molecule has 0 fully saturated rings. The molecule has 0 aliphatic carbocycles. The Morgan fingerprint density at radius 1 is 1.04 bits per heavy atom. The number of halogens is 1. The lowest BCUT2D eigenvalue weighted by atomic mass is 10.2. The monoisotopic (exact) mass is 380 g/mol. The Balaban J connectivity index is 1.49. The molecule has 2 aromatic heterocycles. The molecule has 0 atom stereocenters.